The fraction of sp³-hybridized carbons (Fsp3) is 0.368. The number of aryl methyl sites for hydroxylation is 2. The van der Waals surface area contributed by atoms with Gasteiger partial charge in [-0.1, -0.05) is 43.3 Å². The molecule has 2 atom stereocenters. The largest absolute Gasteiger partial charge is 0.487 e. The topological polar surface area (TPSA) is 29.5 Å². The third-order valence-corrected chi connectivity index (χ3v) is 3.94. The Kier molecular flexibility index (Phi) is 5.03. The van der Waals surface area contributed by atoms with Crippen LogP contribution < -0.4 is 4.74 Å². The number of benzene rings is 2. The first-order valence-corrected chi connectivity index (χ1v) is 7.50. The van der Waals surface area contributed by atoms with Gasteiger partial charge < -0.3 is 9.84 Å². The van der Waals surface area contributed by atoms with Gasteiger partial charge in [0.25, 0.3) is 0 Å². The Morgan fingerprint density at radius 3 is 2.33 bits per heavy atom. The van der Waals surface area contributed by atoms with Gasteiger partial charge in [-0.25, -0.2) is 0 Å². The molecule has 2 aromatic rings. The van der Waals surface area contributed by atoms with Gasteiger partial charge in [-0.15, -0.1) is 0 Å². The molecule has 0 saturated carbocycles. The van der Waals surface area contributed by atoms with Crippen molar-refractivity contribution in [2.24, 2.45) is 0 Å². The Balaban J connectivity index is 2.24. The van der Waals surface area contributed by atoms with Gasteiger partial charge in [-0.3, -0.25) is 0 Å². The molecule has 0 aliphatic carbocycles. The van der Waals surface area contributed by atoms with Gasteiger partial charge in [0.15, 0.2) is 0 Å². The molecule has 0 saturated heterocycles. The van der Waals surface area contributed by atoms with Crippen molar-refractivity contribution in [1.29, 1.82) is 0 Å². The van der Waals surface area contributed by atoms with Crippen LogP contribution in [0, 0.1) is 20.8 Å². The van der Waals surface area contributed by atoms with E-state index in [4.69, 9.17) is 4.74 Å². The summed E-state index contributed by atoms with van der Waals surface area (Å²) < 4.78 is 6.12. The van der Waals surface area contributed by atoms with Crippen LogP contribution in [0.25, 0.3) is 0 Å². The maximum atomic E-state index is 10.5. The second-order valence-electron chi connectivity index (χ2n) is 5.63. The van der Waals surface area contributed by atoms with Crippen molar-refractivity contribution in [1.82, 2.24) is 0 Å². The van der Waals surface area contributed by atoms with Gasteiger partial charge in [-0.2, -0.15) is 0 Å². The lowest BCUT2D eigenvalue weighted by Crippen LogP contribution is -2.25. The fourth-order valence-electron chi connectivity index (χ4n) is 2.52. The van der Waals surface area contributed by atoms with Gasteiger partial charge in [-0.05, 0) is 55.5 Å². The Morgan fingerprint density at radius 1 is 1.05 bits per heavy atom. The van der Waals surface area contributed by atoms with E-state index in [1.165, 1.54) is 11.1 Å². The number of aliphatic hydroxyl groups is 1. The van der Waals surface area contributed by atoms with Gasteiger partial charge in [0.2, 0.25) is 0 Å². The first-order valence-electron chi connectivity index (χ1n) is 7.50. The Morgan fingerprint density at radius 2 is 1.71 bits per heavy atom. The molecule has 0 fully saturated rings. The summed E-state index contributed by atoms with van der Waals surface area (Å²) in [4.78, 5) is 0. The molecule has 0 bridgehead atoms. The molecule has 2 nitrogen and oxygen atoms in total. The Hall–Kier alpha value is -1.80. The van der Waals surface area contributed by atoms with Gasteiger partial charge in [0, 0.05) is 0 Å². The first kappa shape index (κ1) is 15.6. The normalized spacial score (nSPS) is 13.8. The molecule has 0 radical (unpaired) electrons. The minimum Gasteiger partial charge on any atom is -0.487 e. The molecule has 2 aromatic carbocycles. The number of ether oxygens (including phenoxy) is 1. The first-order chi connectivity index (χ1) is 10.0. The van der Waals surface area contributed by atoms with Crippen LogP contribution in [0.3, 0.4) is 0 Å². The van der Waals surface area contributed by atoms with Crippen LogP contribution in [-0.2, 0) is 0 Å². The summed E-state index contributed by atoms with van der Waals surface area (Å²) in [6, 6.07) is 13.9. The second kappa shape index (κ2) is 6.77. The average Bonchev–Trinajstić information content (AvgIpc) is 2.49. The van der Waals surface area contributed by atoms with Crippen molar-refractivity contribution < 1.29 is 9.84 Å². The molecule has 2 rings (SSSR count). The highest BCUT2D eigenvalue weighted by molar-refractivity contribution is 5.42. The minimum atomic E-state index is -0.614. The molecular weight excluding hydrogens is 260 g/mol. The molecule has 21 heavy (non-hydrogen) atoms. The zero-order chi connectivity index (χ0) is 15.4. The lowest BCUT2D eigenvalue weighted by atomic mass is 10.0. The summed E-state index contributed by atoms with van der Waals surface area (Å²) in [5, 5.41) is 10.5. The fourth-order valence-corrected chi connectivity index (χ4v) is 2.52. The standard InChI is InChI=1S/C19H24O2/c1-5-17(19(20)16-9-7-6-8-10-16)21-18-12-13(2)11-14(3)15(18)4/h6-12,17,19-20H,5H2,1-4H3. The number of rotatable bonds is 5. The quantitative estimate of drug-likeness (QED) is 0.875. The number of hydrogen-bond donors (Lipinski definition) is 1. The van der Waals surface area contributed by atoms with Crippen molar-refractivity contribution in [3.05, 3.63) is 64.7 Å². The van der Waals surface area contributed by atoms with E-state index in [1.54, 1.807) is 0 Å². The molecule has 1 N–H and O–H groups in total. The molecule has 0 aromatic heterocycles. The van der Waals surface area contributed by atoms with E-state index in [0.29, 0.717) is 0 Å². The molecule has 0 amide bonds. The lowest BCUT2D eigenvalue weighted by Gasteiger charge is -2.25. The number of aliphatic hydroxyl groups excluding tert-OH is 1. The molecule has 0 aliphatic heterocycles. The molecule has 0 aliphatic rings. The van der Waals surface area contributed by atoms with Crippen molar-refractivity contribution in [3.63, 3.8) is 0 Å². The summed E-state index contributed by atoms with van der Waals surface area (Å²) in [5.74, 6) is 0.870. The highest BCUT2D eigenvalue weighted by atomic mass is 16.5. The van der Waals surface area contributed by atoms with Crippen LogP contribution in [0.5, 0.6) is 5.75 Å². The van der Waals surface area contributed by atoms with E-state index in [1.807, 2.05) is 43.3 Å². The third-order valence-electron chi connectivity index (χ3n) is 3.94. The molecule has 2 heteroatoms. The van der Waals surface area contributed by atoms with E-state index in [-0.39, 0.29) is 6.10 Å². The van der Waals surface area contributed by atoms with Gasteiger partial charge >= 0.3 is 0 Å². The summed E-state index contributed by atoms with van der Waals surface area (Å²) in [6.45, 7) is 8.25. The molecular formula is C19H24O2. The maximum Gasteiger partial charge on any atom is 0.128 e. The second-order valence-corrected chi connectivity index (χ2v) is 5.63. The van der Waals surface area contributed by atoms with E-state index < -0.39 is 6.10 Å². The van der Waals surface area contributed by atoms with Crippen LogP contribution in [0.1, 0.15) is 41.7 Å². The van der Waals surface area contributed by atoms with Crippen molar-refractivity contribution >= 4 is 0 Å². The zero-order valence-corrected chi connectivity index (χ0v) is 13.3. The Bertz CT molecular complexity index is 590. The van der Waals surface area contributed by atoms with Crippen molar-refractivity contribution in [3.8, 4) is 5.75 Å². The summed E-state index contributed by atoms with van der Waals surface area (Å²) in [6.07, 6.45) is -0.105. The molecule has 0 spiro atoms. The van der Waals surface area contributed by atoms with E-state index >= 15 is 0 Å². The van der Waals surface area contributed by atoms with Crippen LogP contribution in [0.4, 0.5) is 0 Å². The zero-order valence-electron chi connectivity index (χ0n) is 13.3. The van der Waals surface area contributed by atoms with E-state index in [9.17, 15) is 5.11 Å². The predicted octanol–water partition coefficient (Wildman–Crippen LogP) is 4.50. The van der Waals surface area contributed by atoms with Crippen LogP contribution in [0.15, 0.2) is 42.5 Å². The molecule has 0 heterocycles. The molecule has 112 valence electrons. The minimum absolute atomic E-state index is 0.243. The average molecular weight is 284 g/mol. The lowest BCUT2D eigenvalue weighted by molar-refractivity contribution is 0.0327. The van der Waals surface area contributed by atoms with E-state index in [2.05, 4.69) is 26.8 Å². The van der Waals surface area contributed by atoms with Crippen molar-refractivity contribution in [2.75, 3.05) is 0 Å². The number of hydrogen-bond acceptors (Lipinski definition) is 2. The van der Waals surface area contributed by atoms with Crippen LogP contribution in [-0.4, -0.2) is 11.2 Å². The Labute approximate surface area is 127 Å². The predicted molar refractivity (Wildman–Crippen MR) is 86.8 cm³/mol. The van der Waals surface area contributed by atoms with Gasteiger partial charge in [0.05, 0.1) is 0 Å². The smallest absolute Gasteiger partial charge is 0.128 e. The van der Waals surface area contributed by atoms with Crippen molar-refractivity contribution in [2.45, 2.75) is 46.3 Å². The van der Waals surface area contributed by atoms with E-state index in [0.717, 1.165) is 23.3 Å². The van der Waals surface area contributed by atoms with Gasteiger partial charge in [0.1, 0.15) is 18.0 Å². The highest BCUT2D eigenvalue weighted by Gasteiger charge is 2.21. The SMILES string of the molecule is CCC(Oc1cc(C)cc(C)c1C)C(O)c1ccccc1. The summed E-state index contributed by atoms with van der Waals surface area (Å²) >= 11 is 0. The monoisotopic (exact) mass is 284 g/mol. The van der Waals surface area contributed by atoms with Crippen LogP contribution in [0.2, 0.25) is 0 Å². The van der Waals surface area contributed by atoms with Crippen LogP contribution >= 0.6 is 0 Å². The highest BCUT2D eigenvalue weighted by Crippen LogP contribution is 2.28. The summed E-state index contributed by atoms with van der Waals surface area (Å²) in [7, 11) is 0. The summed E-state index contributed by atoms with van der Waals surface area (Å²) in [5.41, 5.74) is 4.43. The molecule has 2 unspecified atom stereocenters. The third kappa shape index (κ3) is 3.64. The maximum absolute atomic E-state index is 10.5.